The maximum Gasteiger partial charge on any atom is 0.411 e. The Hall–Kier alpha value is -2.04. The molecular weight excluding hydrogens is 222 g/mol. The lowest BCUT2D eigenvalue weighted by Crippen LogP contribution is -2.36. The molecule has 1 heterocycles. The molecule has 1 aliphatic rings. The lowest BCUT2D eigenvalue weighted by atomic mass is 9.99. The van der Waals surface area contributed by atoms with E-state index in [1.807, 2.05) is 0 Å². The van der Waals surface area contributed by atoms with Crippen LogP contribution in [0.15, 0.2) is 24.3 Å². The fraction of sp³-hybridized carbons (Fsp3) is 0.333. The van der Waals surface area contributed by atoms with Crippen LogP contribution in [0.4, 0.5) is 10.5 Å². The van der Waals surface area contributed by atoms with Crippen molar-refractivity contribution >= 4 is 17.7 Å². The molecule has 0 radical (unpaired) electrons. The number of benzene rings is 1. The first-order valence-electron chi connectivity index (χ1n) is 5.36. The minimum absolute atomic E-state index is 0.338. The Kier molecular flexibility index (Phi) is 2.99. The monoisotopic (exact) mass is 235 g/mol. The molecule has 1 amide bonds. The van der Waals surface area contributed by atoms with E-state index < -0.39 is 6.09 Å². The molecule has 5 nitrogen and oxygen atoms in total. The average molecular weight is 235 g/mol. The molecule has 0 aliphatic carbocycles. The molecule has 2 rings (SSSR count). The molecule has 0 unspecified atom stereocenters. The summed E-state index contributed by atoms with van der Waals surface area (Å²) in [6.45, 7) is 1.69. The van der Waals surface area contributed by atoms with Crippen LogP contribution in [0.3, 0.4) is 0 Å². The van der Waals surface area contributed by atoms with Gasteiger partial charge in [0.1, 0.15) is 6.10 Å². The SMILES string of the molecule is CC(=O)O[C@@H]1CCN(C(=O)O)c2ccccc21. The van der Waals surface area contributed by atoms with E-state index in [0.717, 1.165) is 5.56 Å². The highest BCUT2D eigenvalue weighted by molar-refractivity contribution is 5.88. The highest BCUT2D eigenvalue weighted by Gasteiger charge is 2.29. The molecule has 0 saturated heterocycles. The van der Waals surface area contributed by atoms with Crippen molar-refractivity contribution in [3.63, 3.8) is 0 Å². The predicted octanol–water partition coefficient (Wildman–Crippen LogP) is 2.18. The summed E-state index contributed by atoms with van der Waals surface area (Å²) in [6, 6.07) is 7.09. The molecule has 1 N–H and O–H groups in total. The van der Waals surface area contributed by atoms with Crippen molar-refractivity contribution in [1.29, 1.82) is 0 Å². The Labute approximate surface area is 98.6 Å². The molecule has 0 fully saturated rings. The number of carboxylic acid groups (broad SMARTS) is 1. The first-order chi connectivity index (χ1) is 8.09. The summed E-state index contributed by atoms with van der Waals surface area (Å²) in [6.07, 6.45) is -0.846. The van der Waals surface area contributed by atoms with Gasteiger partial charge in [-0.1, -0.05) is 18.2 Å². The van der Waals surface area contributed by atoms with E-state index in [9.17, 15) is 9.59 Å². The van der Waals surface area contributed by atoms with Crippen LogP contribution in [-0.2, 0) is 9.53 Å². The van der Waals surface area contributed by atoms with E-state index in [0.29, 0.717) is 18.7 Å². The van der Waals surface area contributed by atoms with Crippen LogP contribution in [-0.4, -0.2) is 23.7 Å². The highest BCUT2D eigenvalue weighted by Crippen LogP contribution is 2.35. The number of amides is 1. The zero-order valence-corrected chi connectivity index (χ0v) is 9.42. The highest BCUT2D eigenvalue weighted by atomic mass is 16.5. The number of nitrogens with zero attached hydrogens (tertiary/aromatic N) is 1. The van der Waals surface area contributed by atoms with E-state index in [1.54, 1.807) is 24.3 Å². The van der Waals surface area contributed by atoms with E-state index in [-0.39, 0.29) is 12.1 Å². The number of carbonyl (C=O) groups is 2. The largest absolute Gasteiger partial charge is 0.465 e. The fourth-order valence-electron chi connectivity index (χ4n) is 2.05. The minimum atomic E-state index is -0.987. The molecule has 1 aliphatic heterocycles. The third-order valence-electron chi connectivity index (χ3n) is 2.73. The molecule has 1 aromatic rings. The van der Waals surface area contributed by atoms with Gasteiger partial charge in [0, 0.05) is 25.5 Å². The van der Waals surface area contributed by atoms with Crippen LogP contribution in [0.2, 0.25) is 0 Å². The number of para-hydroxylation sites is 1. The molecular formula is C12H13NO4. The van der Waals surface area contributed by atoms with Gasteiger partial charge in [-0.15, -0.1) is 0 Å². The van der Waals surface area contributed by atoms with Crippen molar-refractivity contribution < 1.29 is 19.4 Å². The van der Waals surface area contributed by atoms with Gasteiger partial charge >= 0.3 is 12.1 Å². The molecule has 0 aromatic heterocycles. The summed E-state index contributed by atoms with van der Waals surface area (Å²) >= 11 is 0. The molecule has 5 heteroatoms. The van der Waals surface area contributed by atoms with Crippen LogP contribution in [0.5, 0.6) is 0 Å². The Morgan fingerprint density at radius 2 is 2.12 bits per heavy atom. The summed E-state index contributed by atoms with van der Waals surface area (Å²) in [4.78, 5) is 23.3. The Bertz CT molecular complexity index is 458. The fourth-order valence-corrected chi connectivity index (χ4v) is 2.05. The summed E-state index contributed by atoms with van der Waals surface area (Å²) in [7, 11) is 0. The van der Waals surface area contributed by atoms with E-state index in [1.165, 1.54) is 11.8 Å². The molecule has 0 saturated carbocycles. The van der Waals surface area contributed by atoms with Gasteiger partial charge in [-0.05, 0) is 6.07 Å². The van der Waals surface area contributed by atoms with Crippen molar-refractivity contribution in [1.82, 2.24) is 0 Å². The normalized spacial score (nSPS) is 18.4. The standard InChI is InChI=1S/C12H13NO4/c1-8(14)17-11-6-7-13(12(15)16)10-5-3-2-4-9(10)11/h2-5,11H,6-7H2,1H3,(H,15,16)/t11-/m1/s1. The third kappa shape index (κ3) is 2.22. The molecule has 1 atom stereocenters. The maximum atomic E-state index is 11.1. The number of ether oxygens (including phenoxy) is 1. The average Bonchev–Trinajstić information content (AvgIpc) is 2.28. The third-order valence-corrected chi connectivity index (χ3v) is 2.73. The van der Waals surface area contributed by atoms with Crippen LogP contribution < -0.4 is 4.90 Å². The van der Waals surface area contributed by atoms with Gasteiger partial charge in [-0.25, -0.2) is 4.79 Å². The van der Waals surface area contributed by atoms with Crippen LogP contribution >= 0.6 is 0 Å². The molecule has 0 spiro atoms. The van der Waals surface area contributed by atoms with Crippen molar-refractivity contribution in [3.8, 4) is 0 Å². The molecule has 90 valence electrons. The van der Waals surface area contributed by atoms with Crippen LogP contribution in [0.1, 0.15) is 25.0 Å². The second-order valence-electron chi connectivity index (χ2n) is 3.88. The Morgan fingerprint density at radius 3 is 2.76 bits per heavy atom. The van der Waals surface area contributed by atoms with Crippen LogP contribution in [0, 0.1) is 0 Å². The van der Waals surface area contributed by atoms with Crippen molar-refractivity contribution in [2.45, 2.75) is 19.4 Å². The second kappa shape index (κ2) is 4.45. The Balaban J connectivity index is 2.36. The zero-order chi connectivity index (χ0) is 12.4. The van der Waals surface area contributed by atoms with E-state index in [4.69, 9.17) is 9.84 Å². The minimum Gasteiger partial charge on any atom is -0.465 e. The van der Waals surface area contributed by atoms with Crippen LogP contribution in [0.25, 0.3) is 0 Å². The number of rotatable bonds is 1. The van der Waals surface area contributed by atoms with Gasteiger partial charge in [0.05, 0.1) is 5.69 Å². The van der Waals surface area contributed by atoms with E-state index in [2.05, 4.69) is 0 Å². The van der Waals surface area contributed by atoms with Gasteiger partial charge in [0.15, 0.2) is 0 Å². The summed E-state index contributed by atoms with van der Waals surface area (Å²) in [5.74, 6) is -0.353. The maximum absolute atomic E-state index is 11.1. The van der Waals surface area contributed by atoms with Gasteiger partial charge in [0.25, 0.3) is 0 Å². The van der Waals surface area contributed by atoms with Crippen molar-refractivity contribution in [2.75, 3.05) is 11.4 Å². The number of fused-ring (bicyclic) bond motifs is 1. The van der Waals surface area contributed by atoms with Gasteiger partial charge in [-0.3, -0.25) is 9.69 Å². The first kappa shape index (κ1) is 11.4. The predicted molar refractivity (Wildman–Crippen MR) is 60.9 cm³/mol. The lowest BCUT2D eigenvalue weighted by Gasteiger charge is -2.31. The summed E-state index contributed by atoms with van der Waals surface area (Å²) < 4.78 is 5.19. The molecule has 0 bridgehead atoms. The summed E-state index contributed by atoms with van der Waals surface area (Å²) in [5, 5.41) is 9.07. The van der Waals surface area contributed by atoms with E-state index >= 15 is 0 Å². The second-order valence-corrected chi connectivity index (χ2v) is 3.88. The Morgan fingerprint density at radius 1 is 1.41 bits per heavy atom. The quantitative estimate of drug-likeness (QED) is 0.757. The topological polar surface area (TPSA) is 66.8 Å². The number of carbonyl (C=O) groups excluding carboxylic acids is 1. The first-order valence-corrected chi connectivity index (χ1v) is 5.36. The zero-order valence-electron chi connectivity index (χ0n) is 9.42. The number of hydrogen-bond acceptors (Lipinski definition) is 3. The van der Waals surface area contributed by atoms with Crippen molar-refractivity contribution in [2.24, 2.45) is 0 Å². The van der Waals surface area contributed by atoms with Gasteiger partial charge in [-0.2, -0.15) is 0 Å². The number of hydrogen-bond donors (Lipinski definition) is 1. The van der Waals surface area contributed by atoms with Gasteiger partial charge < -0.3 is 9.84 Å². The molecule has 1 aromatic carbocycles. The summed E-state index contributed by atoms with van der Waals surface area (Å²) in [5.41, 5.74) is 1.34. The smallest absolute Gasteiger partial charge is 0.411 e. The number of esters is 1. The van der Waals surface area contributed by atoms with Gasteiger partial charge in [0.2, 0.25) is 0 Å². The number of anilines is 1. The lowest BCUT2D eigenvalue weighted by molar-refractivity contribution is -0.147. The van der Waals surface area contributed by atoms with Crippen molar-refractivity contribution in [3.05, 3.63) is 29.8 Å². The molecule has 17 heavy (non-hydrogen) atoms.